The Hall–Kier alpha value is 0.310. The van der Waals surface area contributed by atoms with Crippen LogP contribution in [-0.2, 0) is 0 Å². The molecule has 0 spiro atoms. The van der Waals surface area contributed by atoms with Crippen molar-refractivity contribution in [1.29, 1.82) is 0 Å². The quantitative estimate of drug-likeness (QED) is 0.502. The zero-order chi connectivity index (χ0) is 4.28. The molecule has 0 unspecified atom stereocenters. The van der Waals surface area contributed by atoms with Crippen LogP contribution < -0.4 is 0 Å². The molecule has 0 aromatic heterocycles. The van der Waals surface area contributed by atoms with E-state index in [2.05, 4.69) is 6.58 Å². The van der Waals surface area contributed by atoms with E-state index in [-0.39, 0.29) is 0 Å². The highest BCUT2D eigenvalue weighted by Gasteiger charge is 1.77. The first-order valence-electron chi connectivity index (χ1n) is 0.901. The number of rotatable bonds is 1. The van der Waals surface area contributed by atoms with E-state index in [9.17, 15) is 4.39 Å². The summed E-state index contributed by atoms with van der Waals surface area (Å²) in [5, 5.41) is -0.563. The summed E-state index contributed by atoms with van der Waals surface area (Å²) >= 11 is 0. The van der Waals surface area contributed by atoms with E-state index in [1.165, 1.54) is 0 Å². The maximum absolute atomic E-state index is 11.1. The molecule has 0 aliphatic rings. The van der Waals surface area contributed by atoms with Crippen molar-refractivity contribution < 1.29 is 4.39 Å². The fraction of sp³-hybridized carbons (Fsp3) is 0. The first kappa shape index (κ1) is 5.31. The zero-order valence-electron chi connectivity index (χ0n) is 2.37. The number of hydrogen-bond donors (Lipinski definition) is 0. The molecule has 0 saturated carbocycles. The Balaban J connectivity index is 2.85. The van der Waals surface area contributed by atoms with E-state index >= 15 is 0 Å². The van der Waals surface area contributed by atoms with Crippen LogP contribution in [0.25, 0.3) is 0 Å². The van der Waals surface area contributed by atoms with Gasteiger partial charge >= 0.3 is 0 Å². The Morgan fingerprint density at radius 2 is 2.20 bits per heavy atom. The Morgan fingerprint density at radius 1 is 2.00 bits per heavy atom. The molecule has 0 rings (SSSR count). The normalized spacial score (nSPS) is 7.60. The molecule has 0 amide bonds. The van der Waals surface area contributed by atoms with Crippen molar-refractivity contribution in [2.45, 2.75) is 0 Å². The van der Waals surface area contributed by atoms with Gasteiger partial charge in [-0.25, -0.2) is 0 Å². The van der Waals surface area contributed by atoms with Crippen molar-refractivity contribution in [2.75, 3.05) is 0 Å². The molecule has 0 radical (unpaired) electrons. The maximum Gasteiger partial charge on any atom is 0.164 e. The van der Waals surface area contributed by atoms with E-state index in [1.54, 1.807) is 0 Å². The molecule has 0 aromatic rings. The molecule has 0 heterocycles. The van der Waals surface area contributed by atoms with Gasteiger partial charge in [-0.2, -0.15) is 4.39 Å². The second kappa shape index (κ2) is 2.54. The van der Waals surface area contributed by atoms with Gasteiger partial charge in [0.25, 0.3) is 0 Å². The lowest BCUT2D eigenvalue weighted by Gasteiger charge is -1.70. The molecule has 0 saturated heterocycles. The van der Waals surface area contributed by atoms with Gasteiger partial charge < -0.3 is 0 Å². The van der Waals surface area contributed by atoms with Gasteiger partial charge in [0.15, 0.2) is 5.16 Å². The van der Waals surface area contributed by atoms with Gasteiger partial charge in [-0.15, -0.1) is 0 Å². The summed E-state index contributed by atoms with van der Waals surface area (Å²) in [5.41, 5.74) is 0. The lowest BCUT2D eigenvalue weighted by molar-refractivity contribution is 0.705. The first-order chi connectivity index (χ1) is 2.27. The van der Waals surface area contributed by atoms with Crippen LogP contribution in [0.4, 0.5) is 4.39 Å². The van der Waals surface area contributed by atoms with E-state index in [1.807, 2.05) is 0 Å². The molecule has 5 heavy (non-hydrogen) atoms. The van der Waals surface area contributed by atoms with Crippen molar-refractivity contribution in [2.24, 2.45) is 0 Å². The molecule has 0 aliphatic carbocycles. The Labute approximate surface area is 38.5 Å². The number of hydrogen-bond acceptors (Lipinski definition) is 1. The first-order valence-corrected chi connectivity index (χ1v) is 2.54. The summed E-state index contributed by atoms with van der Waals surface area (Å²) in [4.78, 5) is 0. The van der Waals surface area contributed by atoms with Gasteiger partial charge in [0.1, 0.15) is 0 Å². The van der Waals surface area contributed by atoms with Gasteiger partial charge in [-0.1, -0.05) is 6.58 Å². The Kier molecular flexibility index (Phi) is 2.70. The summed E-state index contributed by atoms with van der Waals surface area (Å²) in [6.07, 6.45) is 0. The molecule has 0 fully saturated rings. The number of halogens is 2. The highest BCUT2D eigenvalue weighted by Crippen LogP contribution is 2.17. The summed E-state index contributed by atoms with van der Waals surface area (Å²) in [5.74, 6) is 0. The fourth-order valence-corrected chi connectivity index (χ4v) is 0. The second-order valence-electron chi connectivity index (χ2n) is 0.432. The van der Waals surface area contributed by atoms with Gasteiger partial charge in [-0.05, 0) is 10.7 Å². The van der Waals surface area contributed by atoms with Crippen LogP contribution in [0.15, 0.2) is 11.7 Å². The average molecular weight is 113 g/mol. The van der Waals surface area contributed by atoms with Crippen molar-refractivity contribution in [3.63, 3.8) is 0 Å². The Bertz CT molecular complexity index is 44.9. The van der Waals surface area contributed by atoms with Gasteiger partial charge in [0.2, 0.25) is 0 Å². The predicted molar refractivity (Wildman–Crippen MR) is 23.7 cm³/mol. The highest BCUT2D eigenvalue weighted by molar-refractivity contribution is 8.23. The van der Waals surface area contributed by atoms with Crippen molar-refractivity contribution in [3.05, 3.63) is 11.7 Å². The van der Waals surface area contributed by atoms with Crippen LogP contribution in [-0.4, -0.2) is 0 Å². The van der Waals surface area contributed by atoms with E-state index in [0.717, 1.165) is 0 Å². The van der Waals surface area contributed by atoms with Crippen LogP contribution in [0, 0.1) is 0 Å². The van der Waals surface area contributed by atoms with Crippen LogP contribution in [0.5, 0.6) is 0 Å². The van der Waals surface area contributed by atoms with Crippen LogP contribution in [0.1, 0.15) is 0 Å². The average Bonchev–Trinajstić information content (AvgIpc) is 1.38. The topological polar surface area (TPSA) is 0 Å². The molecule has 0 aliphatic heterocycles. The van der Waals surface area contributed by atoms with E-state index < -0.39 is 5.16 Å². The summed E-state index contributed by atoms with van der Waals surface area (Å²) in [6.45, 7) is 2.84. The minimum atomic E-state index is -0.563. The van der Waals surface area contributed by atoms with Gasteiger partial charge in [0.05, 0.1) is 0 Å². The largest absolute Gasteiger partial charge is 0.199 e. The highest BCUT2D eigenvalue weighted by atomic mass is 35.7. The molecule has 0 nitrogen and oxygen atoms in total. The molecule has 0 atom stereocenters. The molecule has 0 bridgehead atoms. The predicted octanol–water partition coefficient (Wildman–Crippen LogP) is 2.31. The minimum absolute atomic E-state index is 0.491. The molecular weight excluding hydrogens is 111 g/mol. The maximum atomic E-state index is 11.1. The van der Waals surface area contributed by atoms with Crippen molar-refractivity contribution in [3.8, 4) is 0 Å². The summed E-state index contributed by atoms with van der Waals surface area (Å²) in [7, 11) is 5.27. The lowest BCUT2D eigenvalue weighted by Crippen LogP contribution is -1.38. The second-order valence-corrected chi connectivity index (χ2v) is 1.49. The molecule has 30 valence electrons. The molecule has 0 aromatic carbocycles. The molecular formula is C2H2ClFS. The van der Waals surface area contributed by atoms with E-state index in [0.29, 0.717) is 11.0 Å². The summed E-state index contributed by atoms with van der Waals surface area (Å²) < 4.78 is 11.1. The van der Waals surface area contributed by atoms with Crippen LogP contribution >= 0.6 is 21.7 Å². The third kappa shape index (κ3) is 4.31. The van der Waals surface area contributed by atoms with Gasteiger partial charge in [0, 0.05) is 11.0 Å². The van der Waals surface area contributed by atoms with Crippen LogP contribution in [0.3, 0.4) is 0 Å². The standard InChI is InChI=1S/C2H2ClFS/c1-2(4)5-3/h1H2. The van der Waals surface area contributed by atoms with Gasteiger partial charge in [-0.3, -0.25) is 0 Å². The monoisotopic (exact) mass is 112 g/mol. The van der Waals surface area contributed by atoms with Crippen LogP contribution in [0.2, 0.25) is 0 Å². The minimum Gasteiger partial charge on any atom is -0.199 e. The Morgan fingerprint density at radius 3 is 2.20 bits per heavy atom. The molecule has 0 N–H and O–H groups in total. The van der Waals surface area contributed by atoms with Crippen molar-refractivity contribution >= 4 is 21.7 Å². The summed E-state index contributed by atoms with van der Waals surface area (Å²) in [6, 6.07) is 0. The third-order valence-corrected chi connectivity index (χ3v) is 0.753. The smallest absolute Gasteiger partial charge is 0.164 e. The zero-order valence-corrected chi connectivity index (χ0v) is 3.94. The third-order valence-electron chi connectivity index (χ3n) is 0.0837. The van der Waals surface area contributed by atoms with E-state index in [4.69, 9.17) is 10.7 Å². The van der Waals surface area contributed by atoms with Crippen molar-refractivity contribution in [1.82, 2.24) is 0 Å². The molecule has 3 heteroatoms. The SMILES string of the molecule is C=C(F)SCl. The lowest BCUT2D eigenvalue weighted by atomic mass is 11.2. The fourth-order valence-electron chi connectivity index (χ4n) is 0.